The third kappa shape index (κ3) is 3.70. The van der Waals surface area contributed by atoms with Gasteiger partial charge in [-0.2, -0.15) is 0 Å². The van der Waals surface area contributed by atoms with E-state index in [-0.39, 0.29) is 28.0 Å². The Morgan fingerprint density at radius 1 is 1.21 bits per heavy atom. The molecule has 0 aliphatic carbocycles. The first-order valence-electron chi connectivity index (χ1n) is 8.76. The fraction of sp³-hybridized carbons (Fsp3) is 0.238. The summed E-state index contributed by atoms with van der Waals surface area (Å²) in [7, 11) is 3.39. The summed E-state index contributed by atoms with van der Waals surface area (Å²) in [6.07, 6.45) is 0.0778. The maximum absolute atomic E-state index is 12.9. The van der Waals surface area contributed by atoms with Gasteiger partial charge in [-0.05, 0) is 56.3 Å². The maximum Gasteiger partial charge on any atom is 0.264 e. The molecule has 1 heterocycles. The summed E-state index contributed by atoms with van der Waals surface area (Å²) in [5.41, 5.74) is 1.05. The van der Waals surface area contributed by atoms with Gasteiger partial charge in [-0.15, -0.1) is 0 Å². The summed E-state index contributed by atoms with van der Waals surface area (Å²) < 4.78 is 7.11. The molecular formula is C21H21ClN2O3S. The zero-order valence-corrected chi connectivity index (χ0v) is 17.6. The van der Waals surface area contributed by atoms with Crippen LogP contribution in [0.1, 0.15) is 19.4 Å². The molecule has 1 aromatic heterocycles. The summed E-state index contributed by atoms with van der Waals surface area (Å²) >= 11 is 11.6. The molecule has 0 fully saturated rings. The number of pyridine rings is 1. The molecular weight excluding hydrogens is 396 g/mol. The highest BCUT2D eigenvalue weighted by Gasteiger charge is 2.22. The van der Waals surface area contributed by atoms with Gasteiger partial charge in [-0.25, -0.2) is 0 Å². The number of aromatic nitrogens is 1. The minimum atomic E-state index is -0.371. The number of halogens is 1. The second kappa shape index (κ2) is 7.81. The molecule has 0 amide bonds. The molecule has 0 spiro atoms. The fourth-order valence-electron chi connectivity index (χ4n) is 3.00. The van der Waals surface area contributed by atoms with E-state index in [0.29, 0.717) is 15.9 Å². The van der Waals surface area contributed by atoms with Crippen molar-refractivity contribution >= 4 is 45.4 Å². The molecule has 2 aromatic carbocycles. The molecule has 0 radical (unpaired) electrons. The van der Waals surface area contributed by atoms with Gasteiger partial charge in [0, 0.05) is 30.2 Å². The molecule has 0 saturated heterocycles. The summed E-state index contributed by atoms with van der Waals surface area (Å²) in [5, 5.41) is 11.7. The van der Waals surface area contributed by atoms with E-state index < -0.39 is 0 Å². The lowest BCUT2D eigenvalue weighted by Crippen LogP contribution is -2.33. The predicted octanol–water partition coefficient (Wildman–Crippen LogP) is 4.50. The highest BCUT2D eigenvalue weighted by atomic mass is 35.5. The summed E-state index contributed by atoms with van der Waals surface area (Å²) in [4.78, 5) is 14.8. The zero-order chi connectivity index (χ0) is 20.6. The van der Waals surface area contributed by atoms with E-state index in [2.05, 4.69) is 0 Å². The number of aromatic hydroxyl groups is 1. The zero-order valence-electron chi connectivity index (χ0n) is 16.1. The molecule has 0 saturated carbocycles. The van der Waals surface area contributed by atoms with Crippen LogP contribution in [0.4, 0.5) is 5.69 Å². The van der Waals surface area contributed by atoms with E-state index in [4.69, 9.17) is 28.6 Å². The third-order valence-corrected chi connectivity index (χ3v) is 5.16. The fourth-order valence-corrected chi connectivity index (χ4v) is 3.46. The van der Waals surface area contributed by atoms with Crippen molar-refractivity contribution in [2.24, 2.45) is 7.05 Å². The van der Waals surface area contributed by atoms with Crippen molar-refractivity contribution < 1.29 is 9.84 Å². The number of hydrogen-bond donors (Lipinski definition) is 1. The molecule has 0 atom stereocenters. The second-order valence-corrected chi connectivity index (χ2v) is 7.60. The maximum atomic E-state index is 12.9. The van der Waals surface area contributed by atoms with Gasteiger partial charge in [0.2, 0.25) is 0 Å². The Morgan fingerprint density at radius 3 is 2.46 bits per heavy atom. The Labute approximate surface area is 173 Å². The number of anilines is 1. The van der Waals surface area contributed by atoms with Crippen LogP contribution in [0.5, 0.6) is 11.5 Å². The summed E-state index contributed by atoms with van der Waals surface area (Å²) in [6.45, 7) is 3.92. The molecule has 0 aliphatic heterocycles. The molecule has 1 N–H and O–H groups in total. The van der Waals surface area contributed by atoms with Crippen LogP contribution in [0.15, 0.2) is 47.3 Å². The van der Waals surface area contributed by atoms with Crippen molar-refractivity contribution in [2.45, 2.75) is 20.0 Å². The van der Waals surface area contributed by atoms with Crippen molar-refractivity contribution in [3.8, 4) is 11.5 Å². The first-order chi connectivity index (χ1) is 13.2. The predicted molar refractivity (Wildman–Crippen MR) is 118 cm³/mol. The molecule has 0 unspecified atom stereocenters. The summed E-state index contributed by atoms with van der Waals surface area (Å²) in [5.74, 6) is 0.578. The van der Waals surface area contributed by atoms with Crippen LogP contribution >= 0.6 is 23.8 Å². The van der Waals surface area contributed by atoms with E-state index in [0.717, 1.165) is 11.4 Å². The number of aryl methyl sites for hydroxylation is 1. The quantitative estimate of drug-likeness (QED) is 0.635. The van der Waals surface area contributed by atoms with Crippen LogP contribution in [-0.4, -0.2) is 27.8 Å². The SMILES string of the molecule is CC(C)Oc1ccc(N(C)C(=S)c2c(O)c3cc(Cl)ccc3n(C)c2=O)cc1. The Kier molecular flexibility index (Phi) is 5.63. The molecule has 3 aromatic rings. The number of hydrogen-bond acceptors (Lipinski definition) is 4. The minimum absolute atomic E-state index is 0.0669. The lowest BCUT2D eigenvalue weighted by atomic mass is 10.1. The molecule has 7 heteroatoms. The van der Waals surface area contributed by atoms with E-state index >= 15 is 0 Å². The Balaban J connectivity index is 2.04. The van der Waals surface area contributed by atoms with Crippen molar-refractivity contribution in [1.82, 2.24) is 4.57 Å². The summed E-state index contributed by atoms with van der Waals surface area (Å²) in [6, 6.07) is 12.4. The van der Waals surface area contributed by atoms with Gasteiger partial charge in [-0.1, -0.05) is 23.8 Å². The number of ether oxygens (including phenoxy) is 1. The molecule has 3 rings (SSSR count). The van der Waals surface area contributed by atoms with E-state index in [9.17, 15) is 9.90 Å². The number of fused-ring (bicyclic) bond motifs is 1. The van der Waals surface area contributed by atoms with Gasteiger partial charge in [0.15, 0.2) is 0 Å². The topological polar surface area (TPSA) is 54.7 Å². The molecule has 146 valence electrons. The van der Waals surface area contributed by atoms with E-state index in [1.165, 1.54) is 4.57 Å². The lowest BCUT2D eigenvalue weighted by Gasteiger charge is -2.22. The van der Waals surface area contributed by atoms with Crippen molar-refractivity contribution in [2.75, 3.05) is 11.9 Å². The highest BCUT2D eigenvalue weighted by molar-refractivity contribution is 7.81. The van der Waals surface area contributed by atoms with Crippen LogP contribution in [0, 0.1) is 0 Å². The second-order valence-electron chi connectivity index (χ2n) is 6.77. The number of rotatable bonds is 4. The number of thiocarbonyl (C=S) groups is 1. The van der Waals surface area contributed by atoms with Crippen LogP contribution in [0.3, 0.4) is 0 Å². The average molecular weight is 417 g/mol. The standard InChI is InChI=1S/C21H21ClN2O3S/c1-12(2)27-15-8-6-14(7-9-15)23(3)21(28)18-19(25)16-11-13(22)5-10-17(16)24(4)20(18)26/h5-12,25H,1-4H3. The number of benzene rings is 2. The van der Waals surface area contributed by atoms with Crippen LogP contribution in [0.25, 0.3) is 10.9 Å². The van der Waals surface area contributed by atoms with Gasteiger partial charge in [-0.3, -0.25) is 4.79 Å². The normalized spacial score (nSPS) is 11.1. The van der Waals surface area contributed by atoms with E-state index in [1.54, 1.807) is 37.2 Å². The van der Waals surface area contributed by atoms with E-state index in [1.807, 2.05) is 38.1 Å². The molecule has 5 nitrogen and oxygen atoms in total. The van der Waals surface area contributed by atoms with Crippen LogP contribution in [0.2, 0.25) is 5.02 Å². The smallest absolute Gasteiger partial charge is 0.264 e. The monoisotopic (exact) mass is 416 g/mol. The first kappa shape index (κ1) is 20.2. The van der Waals surface area contributed by atoms with Crippen molar-refractivity contribution in [1.29, 1.82) is 0 Å². The highest BCUT2D eigenvalue weighted by Crippen LogP contribution is 2.30. The van der Waals surface area contributed by atoms with Gasteiger partial charge in [0.25, 0.3) is 5.56 Å². The van der Waals surface area contributed by atoms with Gasteiger partial charge in [0.1, 0.15) is 22.1 Å². The van der Waals surface area contributed by atoms with Gasteiger partial charge < -0.3 is 19.3 Å². The van der Waals surface area contributed by atoms with Crippen LogP contribution < -0.4 is 15.2 Å². The largest absolute Gasteiger partial charge is 0.506 e. The first-order valence-corrected chi connectivity index (χ1v) is 9.55. The lowest BCUT2D eigenvalue weighted by molar-refractivity contribution is 0.242. The van der Waals surface area contributed by atoms with Crippen molar-refractivity contribution in [3.05, 3.63) is 63.4 Å². The van der Waals surface area contributed by atoms with Crippen molar-refractivity contribution in [3.63, 3.8) is 0 Å². The molecule has 0 bridgehead atoms. The Bertz CT molecular complexity index is 1110. The Hall–Kier alpha value is -2.57. The minimum Gasteiger partial charge on any atom is -0.506 e. The van der Waals surface area contributed by atoms with Gasteiger partial charge >= 0.3 is 0 Å². The third-order valence-electron chi connectivity index (χ3n) is 4.44. The Morgan fingerprint density at radius 2 is 1.86 bits per heavy atom. The average Bonchev–Trinajstić information content (AvgIpc) is 2.66. The van der Waals surface area contributed by atoms with Crippen LogP contribution in [-0.2, 0) is 7.05 Å². The molecule has 0 aliphatic rings. The molecule has 28 heavy (non-hydrogen) atoms. The number of nitrogens with zero attached hydrogens (tertiary/aromatic N) is 2. The van der Waals surface area contributed by atoms with Gasteiger partial charge in [0.05, 0.1) is 11.6 Å².